The van der Waals surface area contributed by atoms with Crippen molar-refractivity contribution in [2.24, 2.45) is 0 Å². The van der Waals surface area contributed by atoms with E-state index in [0.29, 0.717) is 0 Å². The molecule has 0 bridgehead atoms. The Morgan fingerprint density at radius 1 is 1.33 bits per heavy atom. The third kappa shape index (κ3) is 184. The van der Waals surface area contributed by atoms with Crippen LogP contribution in [0.5, 0.6) is 0 Å². The van der Waals surface area contributed by atoms with Crippen LogP contribution >= 0.6 is 0 Å². The Bertz CT molecular complexity index is 33.8. The maximum absolute atomic E-state index is 8.33. The Balaban J connectivity index is -0.0000000450. The fraction of sp³-hybridized carbons (Fsp3) is 0. The molecule has 0 aromatic carbocycles. The van der Waals surface area contributed by atoms with Crippen molar-refractivity contribution in [3.05, 3.63) is 0 Å². The first-order chi connectivity index (χ1) is 1.73. The molecule has 0 aliphatic rings. The van der Waals surface area contributed by atoms with Crippen molar-refractivity contribution in [2.45, 2.75) is 0 Å². The first-order valence-corrected chi connectivity index (χ1v) is 0.612. The van der Waals surface area contributed by atoms with E-state index in [9.17, 15) is 0 Å². The van der Waals surface area contributed by atoms with Gasteiger partial charge in [0.25, 0.3) is 0 Å². The predicted octanol–water partition coefficient (Wildman–Crippen LogP) is -5.98. The molecule has 0 heterocycles. The zero-order chi connectivity index (χ0) is 3.58. The molecule has 0 aliphatic heterocycles. The molecule has 0 fully saturated rings. The van der Waals surface area contributed by atoms with Gasteiger partial charge in [0.05, 0.1) is 12.4 Å². The third-order valence-corrected chi connectivity index (χ3v) is 0. The van der Waals surface area contributed by atoms with Crippen LogP contribution in [-0.4, -0.2) is 6.16 Å². The van der Waals surface area contributed by atoms with E-state index in [1.807, 2.05) is 0 Å². The molecule has 0 radical (unpaired) electrons. The molecular weight excluding hydrogens is 118 g/mol. The average Bonchev–Trinajstić information content (AvgIpc) is 0.811. The van der Waals surface area contributed by atoms with Gasteiger partial charge in [-0.25, -0.2) is 0 Å². The Kier molecular flexibility index (Phi) is 24.3. The summed E-state index contributed by atoms with van der Waals surface area (Å²) >= 11 is 0. The predicted molar refractivity (Wildman–Crippen MR) is 8.19 cm³/mol. The first-order valence-electron chi connectivity index (χ1n) is 0.612. The molecule has 0 rings (SSSR count). The van der Waals surface area contributed by atoms with E-state index in [2.05, 4.69) is 0 Å². The van der Waals surface area contributed by atoms with Crippen LogP contribution in [0, 0.1) is 12.4 Å². The summed E-state index contributed by atoms with van der Waals surface area (Å²) in [5.41, 5.74) is 0. The number of hydrogen-bond acceptors (Lipinski definition) is 3. The first kappa shape index (κ1) is 16.0. The van der Waals surface area contributed by atoms with Crippen molar-refractivity contribution < 1.29 is 57.0 Å². The van der Waals surface area contributed by atoms with Crippen molar-refractivity contribution in [1.29, 1.82) is 0 Å². The standard InChI is InChI=1S/CH2O3.ClH2.Na/c2-1(3)4;;/h(H2,2,3,4);1H2;/q;2*+1/p-2. The van der Waals surface area contributed by atoms with Crippen molar-refractivity contribution in [1.82, 2.24) is 0 Å². The smallest absolute Gasteiger partial charge is 0.652 e. The SMILES string of the molecule is O=C([O-])[O-].[ClH2+].[Na+]. The second kappa shape index (κ2) is 9.12. The van der Waals surface area contributed by atoms with Crippen molar-refractivity contribution in [3.8, 4) is 0 Å². The zero-order valence-electron chi connectivity index (χ0n) is 3.17. The largest absolute Gasteiger partial charge is 1.00 e. The van der Waals surface area contributed by atoms with Crippen LogP contribution in [0.2, 0.25) is 0 Å². The monoisotopic (exact) mass is 120 g/mol. The number of carboxylic acid groups (broad SMARTS) is 2. The Hall–Kier alpha value is 0.560. The Labute approximate surface area is 63.1 Å². The molecular formula is CH2ClNaO3. The molecule has 0 atom stereocenters. The third-order valence-electron chi connectivity index (χ3n) is 0. The summed E-state index contributed by atoms with van der Waals surface area (Å²) in [4.78, 5) is 8.33. The van der Waals surface area contributed by atoms with Gasteiger partial charge in [0, 0.05) is 0 Å². The fourth-order valence-electron chi connectivity index (χ4n) is 0. The van der Waals surface area contributed by atoms with Gasteiger partial charge in [0.2, 0.25) is 0 Å². The van der Waals surface area contributed by atoms with Gasteiger partial charge < -0.3 is 15.0 Å². The Morgan fingerprint density at radius 2 is 1.33 bits per heavy atom. The van der Waals surface area contributed by atoms with Crippen LogP contribution in [0.4, 0.5) is 4.79 Å². The molecule has 0 N–H and O–H groups in total. The molecule has 0 aromatic heterocycles. The molecule has 0 saturated heterocycles. The van der Waals surface area contributed by atoms with Gasteiger partial charge in [-0.05, 0) is 6.16 Å². The van der Waals surface area contributed by atoms with E-state index < -0.39 is 6.16 Å². The minimum Gasteiger partial charge on any atom is -0.652 e. The Morgan fingerprint density at radius 3 is 1.33 bits per heavy atom. The summed E-state index contributed by atoms with van der Waals surface area (Å²) in [6, 6.07) is 0. The van der Waals surface area contributed by atoms with Gasteiger partial charge in [-0.15, -0.1) is 0 Å². The summed E-state index contributed by atoms with van der Waals surface area (Å²) in [7, 11) is 0. The van der Waals surface area contributed by atoms with E-state index in [1.54, 1.807) is 0 Å². The quantitative estimate of drug-likeness (QED) is 0.299. The maximum Gasteiger partial charge on any atom is 1.00 e. The molecule has 32 valence electrons. The molecule has 0 unspecified atom stereocenters. The molecule has 0 aliphatic carbocycles. The topological polar surface area (TPSA) is 63.2 Å². The van der Waals surface area contributed by atoms with Crippen LogP contribution < -0.4 is 39.8 Å². The van der Waals surface area contributed by atoms with E-state index in [1.165, 1.54) is 0 Å². The van der Waals surface area contributed by atoms with Crippen LogP contribution in [0.1, 0.15) is 0 Å². The molecule has 0 amide bonds. The van der Waals surface area contributed by atoms with Crippen molar-refractivity contribution >= 4 is 6.16 Å². The number of hydrogen-bond donors (Lipinski definition) is 0. The molecule has 0 saturated carbocycles. The number of rotatable bonds is 0. The normalized spacial score (nSPS) is 4.00. The second-order valence-electron chi connectivity index (χ2n) is 0.250. The van der Waals surface area contributed by atoms with E-state index in [-0.39, 0.29) is 42.0 Å². The number of carbonyl (C=O) groups is 1. The van der Waals surface area contributed by atoms with Gasteiger partial charge in [-0.3, -0.25) is 0 Å². The molecule has 3 nitrogen and oxygen atoms in total. The molecule has 5 heteroatoms. The van der Waals surface area contributed by atoms with Crippen molar-refractivity contribution in [3.63, 3.8) is 0 Å². The van der Waals surface area contributed by atoms with Gasteiger partial charge >= 0.3 is 29.6 Å². The summed E-state index contributed by atoms with van der Waals surface area (Å²) < 4.78 is 0. The average molecular weight is 120 g/mol. The van der Waals surface area contributed by atoms with Gasteiger partial charge in [-0.1, -0.05) is 0 Å². The molecule has 6 heavy (non-hydrogen) atoms. The van der Waals surface area contributed by atoms with Crippen LogP contribution in [0.15, 0.2) is 0 Å². The van der Waals surface area contributed by atoms with Crippen LogP contribution in [-0.2, 0) is 0 Å². The zero-order valence-corrected chi connectivity index (χ0v) is 6.07. The minimum absolute atomic E-state index is 0. The van der Waals surface area contributed by atoms with E-state index >= 15 is 0 Å². The van der Waals surface area contributed by atoms with Gasteiger partial charge in [0.15, 0.2) is 0 Å². The fourth-order valence-corrected chi connectivity index (χ4v) is 0. The van der Waals surface area contributed by atoms with E-state index in [4.69, 9.17) is 15.0 Å². The second-order valence-corrected chi connectivity index (χ2v) is 0.250. The molecule has 0 spiro atoms. The summed E-state index contributed by atoms with van der Waals surface area (Å²) in [5, 5.41) is 16.7. The van der Waals surface area contributed by atoms with Crippen LogP contribution in [0.3, 0.4) is 0 Å². The minimum atomic E-state index is -2.33. The van der Waals surface area contributed by atoms with E-state index in [0.717, 1.165) is 0 Å². The number of carbonyl (C=O) groups excluding carboxylic acids is 1. The van der Waals surface area contributed by atoms with Crippen molar-refractivity contribution in [2.75, 3.05) is 0 Å². The van der Waals surface area contributed by atoms with Gasteiger partial charge in [-0.2, -0.15) is 0 Å². The summed E-state index contributed by atoms with van der Waals surface area (Å²) in [6.45, 7) is 0. The summed E-state index contributed by atoms with van der Waals surface area (Å²) in [5.74, 6) is 0. The van der Waals surface area contributed by atoms with Crippen LogP contribution in [0.25, 0.3) is 0 Å². The van der Waals surface area contributed by atoms with Gasteiger partial charge in [0.1, 0.15) is 0 Å². The maximum atomic E-state index is 8.33. The molecule has 0 aromatic rings. The number of halogens is 1. The summed E-state index contributed by atoms with van der Waals surface area (Å²) in [6.07, 6.45) is -2.33.